The van der Waals surface area contributed by atoms with Gasteiger partial charge < -0.3 is 4.98 Å². The van der Waals surface area contributed by atoms with Crippen molar-refractivity contribution in [1.82, 2.24) is 9.97 Å². The van der Waals surface area contributed by atoms with Gasteiger partial charge in [0.2, 0.25) is 0 Å². The van der Waals surface area contributed by atoms with Gasteiger partial charge in [0.1, 0.15) is 5.01 Å². The van der Waals surface area contributed by atoms with Gasteiger partial charge in [-0.25, -0.2) is 4.98 Å². The van der Waals surface area contributed by atoms with Crippen LogP contribution in [0, 0.1) is 6.92 Å². The van der Waals surface area contributed by atoms with Gasteiger partial charge in [-0.05, 0) is 30.5 Å². The molecule has 0 atom stereocenters. The predicted molar refractivity (Wildman–Crippen MR) is 95.8 cm³/mol. The number of nitrogens with zero attached hydrogens (tertiary/aromatic N) is 1. The Morgan fingerprint density at radius 2 is 1.91 bits per heavy atom. The van der Waals surface area contributed by atoms with Gasteiger partial charge in [-0.15, -0.1) is 11.3 Å². The molecule has 4 rings (SSSR count). The Morgan fingerprint density at radius 1 is 1.04 bits per heavy atom. The first-order valence-electron chi connectivity index (χ1n) is 7.36. The van der Waals surface area contributed by atoms with Gasteiger partial charge in [-0.3, -0.25) is 4.79 Å². The fourth-order valence-electron chi connectivity index (χ4n) is 2.64. The van der Waals surface area contributed by atoms with Crippen LogP contribution in [0.1, 0.15) is 5.56 Å². The number of para-hydroxylation sites is 1. The summed E-state index contributed by atoms with van der Waals surface area (Å²) in [6.45, 7) is 2.06. The molecule has 2 heterocycles. The molecule has 3 nitrogen and oxygen atoms in total. The lowest BCUT2D eigenvalue weighted by Crippen LogP contribution is -2.08. The van der Waals surface area contributed by atoms with Crippen molar-refractivity contribution in [2.24, 2.45) is 0 Å². The van der Waals surface area contributed by atoms with E-state index in [0.29, 0.717) is 5.56 Å². The van der Waals surface area contributed by atoms with Crippen LogP contribution in [0.5, 0.6) is 0 Å². The number of H-pyrrole nitrogens is 1. The Kier molecular flexibility index (Phi) is 3.32. The minimum absolute atomic E-state index is 0.103. The summed E-state index contributed by atoms with van der Waals surface area (Å²) >= 11 is 1.49. The molecular weight excluding hydrogens is 304 g/mol. The average Bonchev–Trinajstić information content (AvgIpc) is 3.04. The summed E-state index contributed by atoms with van der Waals surface area (Å²) < 4.78 is 0. The summed E-state index contributed by atoms with van der Waals surface area (Å²) in [7, 11) is 0. The van der Waals surface area contributed by atoms with E-state index in [0.717, 1.165) is 27.2 Å². The zero-order valence-corrected chi connectivity index (χ0v) is 13.4. The molecule has 0 aliphatic heterocycles. The van der Waals surface area contributed by atoms with Crippen LogP contribution in [0.4, 0.5) is 0 Å². The highest BCUT2D eigenvalue weighted by molar-refractivity contribution is 7.13. The van der Waals surface area contributed by atoms with Crippen molar-refractivity contribution >= 4 is 22.2 Å². The number of aryl methyl sites for hydroxylation is 1. The van der Waals surface area contributed by atoms with Crippen LogP contribution in [0.3, 0.4) is 0 Å². The Labute approximate surface area is 137 Å². The number of pyridine rings is 1. The number of fused-ring (bicyclic) bond motifs is 1. The number of hydrogen-bond acceptors (Lipinski definition) is 3. The van der Waals surface area contributed by atoms with Crippen molar-refractivity contribution in [3.63, 3.8) is 0 Å². The molecule has 0 aliphatic rings. The van der Waals surface area contributed by atoms with Crippen LogP contribution in [-0.4, -0.2) is 9.97 Å². The molecule has 0 saturated carbocycles. The van der Waals surface area contributed by atoms with Crippen LogP contribution in [0.25, 0.3) is 32.7 Å². The van der Waals surface area contributed by atoms with Crippen LogP contribution in [0.2, 0.25) is 0 Å². The third kappa shape index (κ3) is 2.58. The van der Waals surface area contributed by atoms with E-state index in [4.69, 9.17) is 0 Å². The van der Waals surface area contributed by atoms with E-state index in [1.165, 1.54) is 16.9 Å². The second-order valence-corrected chi connectivity index (χ2v) is 6.36. The lowest BCUT2D eigenvalue weighted by Gasteiger charge is -2.01. The third-order valence-electron chi connectivity index (χ3n) is 3.80. The van der Waals surface area contributed by atoms with Crippen molar-refractivity contribution < 1.29 is 0 Å². The van der Waals surface area contributed by atoms with E-state index in [9.17, 15) is 4.79 Å². The largest absolute Gasteiger partial charge is 0.321 e. The van der Waals surface area contributed by atoms with Gasteiger partial charge in [0.15, 0.2) is 0 Å². The predicted octanol–water partition coefficient (Wildman–Crippen LogP) is 4.63. The molecule has 4 aromatic rings. The first-order valence-corrected chi connectivity index (χ1v) is 8.24. The third-order valence-corrected chi connectivity index (χ3v) is 4.68. The highest BCUT2D eigenvalue weighted by Gasteiger charge is 2.11. The Bertz CT molecular complexity index is 1060. The standard InChI is InChI=1S/C19H14N2OS/c1-12-5-4-7-13(9-12)17-11-23-19(21-17)15-10-14-6-2-3-8-16(14)20-18(15)22/h2-11H,1H3,(H,20,22). The molecule has 4 heteroatoms. The molecule has 0 bridgehead atoms. The fraction of sp³-hybridized carbons (Fsp3) is 0.0526. The number of hydrogen-bond donors (Lipinski definition) is 1. The van der Waals surface area contributed by atoms with E-state index in [1.54, 1.807) is 0 Å². The molecule has 0 aliphatic carbocycles. The van der Waals surface area contributed by atoms with E-state index >= 15 is 0 Å². The maximum atomic E-state index is 12.3. The Hall–Kier alpha value is -2.72. The van der Waals surface area contributed by atoms with Crippen molar-refractivity contribution in [1.29, 1.82) is 0 Å². The molecule has 2 aromatic carbocycles. The molecule has 0 amide bonds. The monoisotopic (exact) mass is 318 g/mol. The summed E-state index contributed by atoms with van der Waals surface area (Å²) in [5.41, 5.74) is 4.53. The molecule has 0 radical (unpaired) electrons. The highest BCUT2D eigenvalue weighted by Crippen LogP contribution is 2.28. The molecule has 23 heavy (non-hydrogen) atoms. The van der Waals surface area contributed by atoms with Crippen LogP contribution < -0.4 is 5.56 Å². The summed E-state index contributed by atoms with van der Waals surface area (Å²) in [6, 6.07) is 17.9. The second-order valence-electron chi connectivity index (χ2n) is 5.51. The van der Waals surface area contributed by atoms with Gasteiger partial charge in [0.25, 0.3) is 5.56 Å². The molecular formula is C19H14N2OS. The number of aromatic nitrogens is 2. The summed E-state index contributed by atoms with van der Waals surface area (Å²) in [5, 5.41) is 3.75. The summed E-state index contributed by atoms with van der Waals surface area (Å²) in [4.78, 5) is 19.9. The second kappa shape index (κ2) is 5.48. The van der Waals surface area contributed by atoms with Crippen molar-refractivity contribution in [2.75, 3.05) is 0 Å². The lowest BCUT2D eigenvalue weighted by molar-refractivity contribution is 1.29. The molecule has 0 fully saturated rings. The zero-order valence-electron chi connectivity index (χ0n) is 12.5. The number of nitrogens with one attached hydrogen (secondary N) is 1. The number of benzene rings is 2. The molecule has 2 aromatic heterocycles. The average molecular weight is 318 g/mol. The Balaban J connectivity index is 1.83. The SMILES string of the molecule is Cc1cccc(-c2csc(-c3cc4ccccc4[nH]c3=O)n2)c1. The minimum Gasteiger partial charge on any atom is -0.321 e. The molecule has 0 saturated heterocycles. The van der Waals surface area contributed by atoms with Crippen molar-refractivity contribution in [3.8, 4) is 21.8 Å². The molecule has 0 unspecified atom stereocenters. The van der Waals surface area contributed by atoms with E-state index in [-0.39, 0.29) is 5.56 Å². The van der Waals surface area contributed by atoms with Crippen LogP contribution in [0.15, 0.2) is 64.8 Å². The maximum absolute atomic E-state index is 12.3. The number of aromatic amines is 1. The number of thiazole rings is 1. The molecule has 112 valence electrons. The van der Waals surface area contributed by atoms with Gasteiger partial charge in [0.05, 0.1) is 11.3 Å². The fourth-order valence-corrected chi connectivity index (χ4v) is 3.48. The summed E-state index contributed by atoms with van der Waals surface area (Å²) in [6.07, 6.45) is 0. The minimum atomic E-state index is -0.103. The normalized spacial score (nSPS) is 11.0. The number of rotatable bonds is 2. The smallest absolute Gasteiger partial charge is 0.258 e. The van der Waals surface area contributed by atoms with Crippen LogP contribution in [-0.2, 0) is 0 Å². The van der Waals surface area contributed by atoms with Gasteiger partial charge >= 0.3 is 0 Å². The Morgan fingerprint density at radius 3 is 2.78 bits per heavy atom. The van der Waals surface area contributed by atoms with Crippen LogP contribution >= 0.6 is 11.3 Å². The maximum Gasteiger partial charge on any atom is 0.258 e. The molecule has 0 spiro atoms. The summed E-state index contributed by atoms with van der Waals surface area (Å²) in [5.74, 6) is 0. The quantitative estimate of drug-likeness (QED) is 0.586. The van der Waals surface area contributed by atoms with E-state index < -0.39 is 0 Å². The first-order chi connectivity index (χ1) is 11.2. The van der Waals surface area contributed by atoms with Crippen molar-refractivity contribution in [3.05, 3.63) is 75.9 Å². The van der Waals surface area contributed by atoms with Crippen molar-refractivity contribution in [2.45, 2.75) is 6.92 Å². The lowest BCUT2D eigenvalue weighted by atomic mass is 10.1. The van der Waals surface area contributed by atoms with Gasteiger partial charge in [-0.2, -0.15) is 0 Å². The highest BCUT2D eigenvalue weighted by atomic mass is 32.1. The van der Waals surface area contributed by atoms with Gasteiger partial charge in [-0.1, -0.05) is 42.0 Å². The zero-order chi connectivity index (χ0) is 15.8. The van der Waals surface area contributed by atoms with E-state index in [2.05, 4.69) is 29.0 Å². The van der Waals surface area contributed by atoms with Gasteiger partial charge in [0, 0.05) is 16.5 Å². The molecule has 1 N–H and O–H groups in total. The first kappa shape index (κ1) is 13.9. The topological polar surface area (TPSA) is 45.8 Å². The van der Waals surface area contributed by atoms with E-state index in [1.807, 2.05) is 47.8 Å².